The van der Waals surface area contributed by atoms with Crippen molar-refractivity contribution in [2.75, 3.05) is 19.8 Å². The van der Waals surface area contributed by atoms with Crippen molar-refractivity contribution in [2.24, 2.45) is 0 Å². The Morgan fingerprint density at radius 1 is 1.12 bits per heavy atom. The Morgan fingerprint density at radius 2 is 1.56 bits per heavy atom. The predicted octanol–water partition coefficient (Wildman–Crippen LogP) is 1.30. The van der Waals surface area contributed by atoms with Crippen LogP contribution in [0.15, 0.2) is 12.8 Å². The summed E-state index contributed by atoms with van der Waals surface area (Å²) in [5.74, 6) is 0. The Kier molecular flexibility index (Phi) is 8.00. The van der Waals surface area contributed by atoms with Gasteiger partial charge in [-0.25, -0.2) is 0 Å². The van der Waals surface area contributed by atoms with Crippen LogP contribution in [-0.2, 0) is 27.5 Å². The Bertz CT molecular complexity index is 203. The molecule has 0 aliphatic carbocycles. The second-order valence-corrected chi connectivity index (χ2v) is 3.38. The van der Waals surface area contributed by atoms with Gasteiger partial charge in [0.1, 0.15) is 0 Å². The molecule has 0 fully saturated rings. The SMILES string of the molecule is C=CO[Si](=O)OC(OCC)(OCC)OCC. The fourth-order valence-corrected chi connectivity index (χ4v) is 1.50. The van der Waals surface area contributed by atoms with Crippen molar-refractivity contribution in [1.29, 1.82) is 0 Å². The summed E-state index contributed by atoms with van der Waals surface area (Å²) >= 11 is 0. The molecule has 0 aliphatic heterocycles. The summed E-state index contributed by atoms with van der Waals surface area (Å²) in [6.07, 6.45) is -0.743. The van der Waals surface area contributed by atoms with Gasteiger partial charge < -0.3 is 8.85 Å². The topological polar surface area (TPSA) is 63.2 Å². The van der Waals surface area contributed by atoms with E-state index in [1.807, 2.05) is 0 Å². The quantitative estimate of drug-likeness (QED) is 0.331. The van der Waals surface area contributed by atoms with Gasteiger partial charge in [-0.15, -0.1) is 0 Å². The minimum Gasteiger partial charge on any atom is -0.466 e. The van der Waals surface area contributed by atoms with Crippen molar-refractivity contribution in [3.63, 3.8) is 0 Å². The van der Waals surface area contributed by atoms with E-state index in [2.05, 4.69) is 11.0 Å². The third-order valence-electron chi connectivity index (χ3n) is 1.35. The van der Waals surface area contributed by atoms with Crippen LogP contribution in [0.2, 0.25) is 0 Å². The normalized spacial score (nSPS) is 10.9. The zero-order valence-corrected chi connectivity index (χ0v) is 10.9. The van der Waals surface area contributed by atoms with Crippen molar-refractivity contribution >= 4 is 9.17 Å². The average molecular weight is 250 g/mol. The molecule has 0 saturated heterocycles. The summed E-state index contributed by atoms with van der Waals surface area (Å²) in [7, 11) is -2.81. The first kappa shape index (κ1) is 15.2. The molecule has 0 heterocycles. The lowest BCUT2D eigenvalue weighted by atomic mass is 10.8. The molecule has 0 saturated carbocycles. The van der Waals surface area contributed by atoms with Crippen molar-refractivity contribution < 1.29 is 27.5 Å². The van der Waals surface area contributed by atoms with E-state index in [1.54, 1.807) is 20.8 Å². The molecule has 16 heavy (non-hydrogen) atoms. The molecular weight excluding hydrogens is 232 g/mol. The van der Waals surface area contributed by atoms with Gasteiger partial charge in [-0.1, -0.05) is 6.58 Å². The highest BCUT2D eigenvalue weighted by molar-refractivity contribution is 6.26. The van der Waals surface area contributed by atoms with E-state index in [-0.39, 0.29) is 19.8 Å². The molecule has 0 unspecified atom stereocenters. The van der Waals surface area contributed by atoms with Crippen molar-refractivity contribution in [2.45, 2.75) is 26.9 Å². The fraction of sp³-hybridized carbons (Fsp3) is 0.778. The molecule has 0 radical (unpaired) electrons. The van der Waals surface area contributed by atoms with Crippen LogP contribution in [0.3, 0.4) is 0 Å². The van der Waals surface area contributed by atoms with Gasteiger partial charge in [0.25, 0.3) is 0 Å². The lowest BCUT2D eigenvalue weighted by molar-refractivity contribution is -0.473. The van der Waals surface area contributed by atoms with E-state index >= 15 is 0 Å². The Hall–Kier alpha value is -0.763. The van der Waals surface area contributed by atoms with Gasteiger partial charge >= 0.3 is 15.3 Å². The molecule has 0 bridgehead atoms. The second-order valence-electron chi connectivity index (χ2n) is 2.44. The van der Waals surface area contributed by atoms with Crippen molar-refractivity contribution in [3.8, 4) is 0 Å². The van der Waals surface area contributed by atoms with Crippen molar-refractivity contribution in [1.82, 2.24) is 0 Å². The maximum atomic E-state index is 11.3. The molecule has 0 N–H and O–H groups in total. The van der Waals surface area contributed by atoms with Gasteiger partial charge in [0.15, 0.2) is 0 Å². The predicted molar refractivity (Wildman–Crippen MR) is 56.4 cm³/mol. The summed E-state index contributed by atoms with van der Waals surface area (Å²) < 4.78 is 36.4. The van der Waals surface area contributed by atoms with Gasteiger partial charge in [-0.2, -0.15) is 0 Å². The fourth-order valence-electron chi connectivity index (χ4n) is 0.938. The summed E-state index contributed by atoms with van der Waals surface area (Å²) in [6.45, 7) is 9.33. The van der Waals surface area contributed by atoms with Gasteiger partial charge in [0.2, 0.25) is 0 Å². The first-order valence-electron chi connectivity index (χ1n) is 5.06. The van der Waals surface area contributed by atoms with Crippen LogP contribution in [0.5, 0.6) is 0 Å². The smallest absolute Gasteiger partial charge is 0.466 e. The van der Waals surface area contributed by atoms with E-state index in [4.69, 9.17) is 18.6 Å². The number of rotatable bonds is 10. The summed E-state index contributed by atoms with van der Waals surface area (Å²) in [6, 6.07) is 0. The summed E-state index contributed by atoms with van der Waals surface area (Å²) in [5, 5.41) is 0. The minimum atomic E-state index is -2.81. The first-order chi connectivity index (χ1) is 7.64. The van der Waals surface area contributed by atoms with Gasteiger partial charge in [-0.05, 0) is 20.8 Å². The molecule has 0 aromatic rings. The number of ether oxygens (including phenoxy) is 3. The van der Waals surface area contributed by atoms with Crippen LogP contribution >= 0.6 is 0 Å². The molecule has 0 spiro atoms. The molecule has 7 heteroatoms. The van der Waals surface area contributed by atoms with Crippen LogP contribution in [0.4, 0.5) is 0 Å². The highest BCUT2D eigenvalue weighted by Gasteiger charge is 2.40. The summed E-state index contributed by atoms with van der Waals surface area (Å²) in [4.78, 5) is 0. The monoisotopic (exact) mass is 250 g/mol. The van der Waals surface area contributed by atoms with Gasteiger partial charge in [0.05, 0.1) is 26.1 Å². The first-order valence-corrected chi connectivity index (χ1v) is 6.28. The van der Waals surface area contributed by atoms with Crippen LogP contribution in [0.25, 0.3) is 0 Å². The molecule has 0 rings (SSSR count). The minimum absolute atomic E-state index is 0.281. The number of hydrogen-bond acceptors (Lipinski definition) is 6. The molecular formula is C9H18O6Si. The maximum absolute atomic E-state index is 11.3. The zero-order chi connectivity index (χ0) is 12.4. The van der Waals surface area contributed by atoms with E-state index in [9.17, 15) is 4.46 Å². The highest BCUT2D eigenvalue weighted by atomic mass is 28.3. The zero-order valence-electron chi connectivity index (χ0n) is 9.86. The van der Waals surface area contributed by atoms with Crippen LogP contribution < -0.4 is 0 Å². The standard InChI is InChI=1S/C9H18O6Si/c1-5-11-9(12-6-2,13-7-3)15-16(10)14-8-4/h8H,4-7H2,1-3H3. The molecule has 0 atom stereocenters. The highest BCUT2D eigenvalue weighted by Crippen LogP contribution is 2.17. The van der Waals surface area contributed by atoms with E-state index < -0.39 is 15.3 Å². The van der Waals surface area contributed by atoms with Gasteiger partial charge in [-0.3, -0.25) is 18.7 Å². The lowest BCUT2D eigenvalue weighted by Crippen LogP contribution is -2.45. The molecule has 0 amide bonds. The van der Waals surface area contributed by atoms with E-state index in [0.29, 0.717) is 0 Å². The van der Waals surface area contributed by atoms with E-state index in [1.165, 1.54) is 0 Å². The molecule has 0 aromatic heterocycles. The van der Waals surface area contributed by atoms with Crippen LogP contribution in [-0.4, -0.2) is 35.2 Å². The Labute approximate surface area is 97.0 Å². The lowest BCUT2D eigenvalue weighted by Gasteiger charge is -2.29. The number of hydrogen-bond donors (Lipinski definition) is 0. The third-order valence-corrected chi connectivity index (χ3v) is 2.13. The maximum Gasteiger partial charge on any atom is 0.778 e. The average Bonchev–Trinajstić information content (AvgIpc) is 2.18. The van der Waals surface area contributed by atoms with Crippen LogP contribution in [0.1, 0.15) is 20.8 Å². The molecule has 0 aliphatic rings. The van der Waals surface area contributed by atoms with Crippen molar-refractivity contribution in [3.05, 3.63) is 12.8 Å². The second kappa shape index (κ2) is 8.40. The molecule has 0 aromatic carbocycles. The van der Waals surface area contributed by atoms with Gasteiger partial charge in [0, 0.05) is 0 Å². The third kappa shape index (κ3) is 5.36. The molecule has 94 valence electrons. The van der Waals surface area contributed by atoms with E-state index in [0.717, 1.165) is 6.26 Å². The largest absolute Gasteiger partial charge is 0.778 e. The Balaban J connectivity index is 4.57. The summed E-state index contributed by atoms with van der Waals surface area (Å²) in [5.41, 5.74) is 0. The Morgan fingerprint density at radius 3 is 1.88 bits per heavy atom. The molecule has 6 nitrogen and oxygen atoms in total. The van der Waals surface area contributed by atoms with Crippen LogP contribution in [0, 0.1) is 0 Å².